The highest BCUT2D eigenvalue weighted by Crippen LogP contribution is 2.25. The Labute approximate surface area is 154 Å². The van der Waals surface area contributed by atoms with Gasteiger partial charge in [-0.3, -0.25) is 10.1 Å². The van der Waals surface area contributed by atoms with E-state index in [-0.39, 0.29) is 5.57 Å². The van der Waals surface area contributed by atoms with Crippen LogP contribution in [0.25, 0.3) is 6.08 Å². The Morgan fingerprint density at radius 3 is 2.73 bits per heavy atom. The maximum absolute atomic E-state index is 12.3. The summed E-state index contributed by atoms with van der Waals surface area (Å²) in [5.41, 5.74) is 0.710. The van der Waals surface area contributed by atoms with Crippen molar-refractivity contribution >= 4 is 33.6 Å². The Morgan fingerprint density at radius 1 is 1.35 bits per heavy atom. The molecule has 1 fully saturated rings. The van der Waals surface area contributed by atoms with Crippen molar-refractivity contribution in [2.24, 2.45) is 0 Å². The van der Waals surface area contributed by atoms with Crippen molar-refractivity contribution in [1.82, 2.24) is 10.2 Å². The van der Waals surface area contributed by atoms with E-state index in [0.29, 0.717) is 24.1 Å². The van der Waals surface area contributed by atoms with Gasteiger partial charge in [0.25, 0.3) is 5.91 Å². The smallest absolute Gasteiger partial charge is 0.268 e. The number of amides is 1. The molecule has 1 aromatic heterocycles. The van der Waals surface area contributed by atoms with Crippen LogP contribution in [0.3, 0.4) is 0 Å². The Kier molecular flexibility index (Phi) is 5.78. The van der Waals surface area contributed by atoms with Crippen LogP contribution in [0.2, 0.25) is 0 Å². The van der Waals surface area contributed by atoms with E-state index in [1.165, 1.54) is 17.4 Å². The number of hydrogen-bond acceptors (Lipinski definition) is 8. The van der Waals surface area contributed by atoms with Crippen LogP contribution in [0.1, 0.15) is 5.56 Å². The Bertz CT molecular complexity index is 835. The molecule has 1 amide bonds. The maximum Gasteiger partial charge on any atom is 0.268 e. The van der Waals surface area contributed by atoms with E-state index in [1.54, 1.807) is 31.4 Å². The SMILES string of the molecule is COc1ccc(/C=C(/C#N)C(=O)Nc2nnc(N3CCOCC3)s2)cc1. The van der Waals surface area contributed by atoms with Gasteiger partial charge in [-0.05, 0) is 23.8 Å². The highest BCUT2D eigenvalue weighted by atomic mass is 32.1. The largest absolute Gasteiger partial charge is 0.497 e. The van der Waals surface area contributed by atoms with Crippen LogP contribution in [-0.2, 0) is 9.53 Å². The first kappa shape index (κ1) is 17.8. The molecule has 2 heterocycles. The summed E-state index contributed by atoms with van der Waals surface area (Å²) in [6.45, 7) is 2.77. The minimum Gasteiger partial charge on any atom is -0.497 e. The van der Waals surface area contributed by atoms with Crippen molar-refractivity contribution in [3.05, 3.63) is 35.4 Å². The van der Waals surface area contributed by atoms with Crippen LogP contribution in [0.15, 0.2) is 29.8 Å². The van der Waals surface area contributed by atoms with Gasteiger partial charge in [0.05, 0.1) is 20.3 Å². The summed E-state index contributed by atoms with van der Waals surface area (Å²) in [4.78, 5) is 14.4. The first-order chi connectivity index (χ1) is 12.7. The summed E-state index contributed by atoms with van der Waals surface area (Å²) in [5.74, 6) is 0.183. The third-order valence-electron chi connectivity index (χ3n) is 3.71. The molecule has 9 heteroatoms. The van der Waals surface area contributed by atoms with E-state index in [9.17, 15) is 10.1 Å². The summed E-state index contributed by atoms with van der Waals surface area (Å²) in [5, 5.41) is 21.1. The number of methoxy groups -OCH3 is 1. The van der Waals surface area contributed by atoms with Crippen LogP contribution in [0.5, 0.6) is 5.75 Å². The normalized spacial score (nSPS) is 14.6. The summed E-state index contributed by atoms with van der Waals surface area (Å²) in [6.07, 6.45) is 1.51. The molecule has 3 rings (SSSR count). The zero-order valence-electron chi connectivity index (χ0n) is 14.1. The molecule has 1 aliphatic rings. The Hall–Kier alpha value is -2.96. The molecule has 1 aliphatic heterocycles. The Morgan fingerprint density at radius 2 is 2.08 bits per heavy atom. The predicted octanol–water partition coefficient (Wildman–Crippen LogP) is 1.93. The molecule has 26 heavy (non-hydrogen) atoms. The zero-order valence-corrected chi connectivity index (χ0v) is 15.0. The van der Waals surface area contributed by atoms with E-state index in [2.05, 4.69) is 20.4 Å². The fourth-order valence-corrected chi connectivity index (χ4v) is 3.12. The highest BCUT2D eigenvalue weighted by Gasteiger charge is 2.18. The van der Waals surface area contributed by atoms with E-state index in [4.69, 9.17) is 9.47 Å². The van der Waals surface area contributed by atoms with Gasteiger partial charge in [-0.2, -0.15) is 5.26 Å². The van der Waals surface area contributed by atoms with E-state index < -0.39 is 5.91 Å². The van der Waals surface area contributed by atoms with E-state index >= 15 is 0 Å². The molecule has 2 aromatic rings. The summed E-state index contributed by atoms with van der Waals surface area (Å²) in [7, 11) is 1.58. The second-order valence-electron chi connectivity index (χ2n) is 5.39. The lowest BCUT2D eigenvalue weighted by Gasteiger charge is -2.25. The van der Waals surface area contributed by atoms with E-state index in [0.717, 1.165) is 23.8 Å². The van der Waals surface area contributed by atoms with Crippen LogP contribution < -0.4 is 15.0 Å². The summed E-state index contributed by atoms with van der Waals surface area (Å²) < 4.78 is 10.4. The van der Waals surface area contributed by atoms with Gasteiger partial charge in [0.2, 0.25) is 10.3 Å². The molecule has 0 radical (unpaired) electrons. The van der Waals surface area contributed by atoms with E-state index in [1.807, 2.05) is 6.07 Å². The van der Waals surface area contributed by atoms with Gasteiger partial charge in [-0.25, -0.2) is 0 Å². The van der Waals surface area contributed by atoms with Crippen molar-refractivity contribution < 1.29 is 14.3 Å². The first-order valence-corrected chi connectivity index (χ1v) is 8.74. The first-order valence-electron chi connectivity index (χ1n) is 7.93. The van der Waals surface area contributed by atoms with Gasteiger partial charge in [-0.1, -0.05) is 23.5 Å². The molecule has 0 aliphatic carbocycles. The maximum atomic E-state index is 12.3. The third-order valence-corrected chi connectivity index (χ3v) is 4.61. The van der Waals surface area contributed by atoms with Crippen molar-refractivity contribution in [1.29, 1.82) is 5.26 Å². The monoisotopic (exact) mass is 371 g/mol. The summed E-state index contributed by atoms with van der Waals surface area (Å²) >= 11 is 1.27. The average molecular weight is 371 g/mol. The number of benzene rings is 1. The standard InChI is InChI=1S/C17H17N5O3S/c1-24-14-4-2-12(3-5-14)10-13(11-18)15(23)19-16-20-21-17(26-16)22-6-8-25-9-7-22/h2-5,10H,6-9H2,1H3,(H,19,20,23)/b13-10-. The van der Waals surface area contributed by atoms with Crippen molar-refractivity contribution in [2.75, 3.05) is 43.6 Å². The molecule has 8 nitrogen and oxygen atoms in total. The second kappa shape index (κ2) is 8.42. The number of morpholine rings is 1. The lowest BCUT2D eigenvalue weighted by Crippen LogP contribution is -2.36. The number of nitrogens with one attached hydrogen (secondary N) is 1. The van der Waals surface area contributed by atoms with Gasteiger partial charge in [0.1, 0.15) is 17.4 Å². The van der Waals surface area contributed by atoms with Gasteiger partial charge in [0, 0.05) is 13.1 Å². The molecule has 0 saturated carbocycles. The number of nitriles is 1. The number of hydrogen-bond donors (Lipinski definition) is 1. The molecular weight excluding hydrogens is 354 g/mol. The topological polar surface area (TPSA) is 100 Å². The number of carbonyl (C=O) groups is 1. The van der Waals surface area contributed by atoms with Crippen LogP contribution >= 0.6 is 11.3 Å². The third kappa shape index (κ3) is 4.36. The Balaban J connectivity index is 1.68. The lowest BCUT2D eigenvalue weighted by molar-refractivity contribution is -0.112. The number of carbonyl (C=O) groups excluding carboxylic acids is 1. The number of anilines is 2. The molecule has 1 saturated heterocycles. The van der Waals surface area contributed by atoms with Gasteiger partial charge >= 0.3 is 0 Å². The average Bonchev–Trinajstić information content (AvgIpc) is 3.15. The van der Waals surface area contributed by atoms with Crippen LogP contribution in [0, 0.1) is 11.3 Å². The zero-order chi connectivity index (χ0) is 18.4. The highest BCUT2D eigenvalue weighted by molar-refractivity contribution is 7.19. The van der Waals surface area contributed by atoms with Crippen molar-refractivity contribution in [2.45, 2.75) is 0 Å². The lowest BCUT2D eigenvalue weighted by atomic mass is 10.1. The van der Waals surface area contributed by atoms with Gasteiger partial charge in [0.15, 0.2) is 0 Å². The van der Waals surface area contributed by atoms with Crippen molar-refractivity contribution in [3.8, 4) is 11.8 Å². The number of ether oxygens (including phenoxy) is 2. The molecule has 0 atom stereocenters. The molecule has 0 bridgehead atoms. The summed E-state index contributed by atoms with van der Waals surface area (Å²) in [6, 6.07) is 8.98. The van der Waals surface area contributed by atoms with Crippen LogP contribution in [-0.4, -0.2) is 49.5 Å². The molecule has 134 valence electrons. The minimum absolute atomic E-state index is 0.0155. The van der Waals surface area contributed by atoms with Gasteiger partial charge in [-0.15, -0.1) is 10.2 Å². The number of rotatable bonds is 5. The predicted molar refractivity (Wildman–Crippen MR) is 98.2 cm³/mol. The molecule has 0 spiro atoms. The van der Waals surface area contributed by atoms with Gasteiger partial charge < -0.3 is 14.4 Å². The number of aromatic nitrogens is 2. The van der Waals surface area contributed by atoms with Crippen LogP contribution in [0.4, 0.5) is 10.3 Å². The fraction of sp³-hybridized carbons (Fsp3) is 0.294. The molecule has 1 aromatic carbocycles. The molecule has 1 N–H and O–H groups in total. The molecular formula is C17H17N5O3S. The minimum atomic E-state index is -0.520. The van der Waals surface area contributed by atoms with Crippen molar-refractivity contribution in [3.63, 3.8) is 0 Å². The molecule has 0 unspecified atom stereocenters. The second-order valence-corrected chi connectivity index (χ2v) is 6.34. The fourth-order valence-electron chi connectivity index (χ4n) is 2.33. The number of nitrogens with zero attached hydrogens (tertiary/aromatic N) is 4. The quantitative estimate of drug-likeness (QED) is 0.633.